The van der Waals surface area contributed by atoms with Crippen molar-refractivity contribution in [1.29, 1.82) is 0 Å². The maximum Gasteiger partial charge on any atom is 0.213 e. The van der Waals surface area contributed by atoms with E-state index in [1.807, 2.05) is 6.07 Å². The van der Waals surface area contributed by atoms with Gasteiger partial charge in [0.1, 0.15) is 0 Å². The normalized spacial score (nSPS) is 15.5. The van der Waals surface area contributed by atoms with E-state index in [9.17, 15) is 8.42 Å². The van der Waals surface area contributed by atoms with Crippen molar-refractivity contribution >= 4 is 45.6 Å². The van der Waals surface area contributed by atoms with Crippen LogP contribution in [0.1, 0.15) is 20.3 Å². The van der Waals surface area contributed by atoms with Gasteiger partial charge in [-0.1, -0.05) is 18.2 Å². The highest BCUT2D eigenvalue weighted by molar-refractivity contribution is 14.0. The summed E-state index contributed by atoms with van der Waals surface area (Å²) in [7, 11) is -1.47. The molecule has 0 aromatic heterocycles. The number of nitrogens with one attached hydrogen (secondary N) is 1. The number of rotatable bonds is 8. The standard InChI is InChI=1S/C19H33N5O2S.HI/c1-4-20-19(21-12-9-13-22(3)27(25,26)5-2)24-16-14-23(15-17-24)18-10-7-6-8-11-18;/h6-8,10-11H,4-5,9,12-17H2,1-3H3,(H,20,21);1H. The summed E-state index contributed by atoms with van der Waals surface area (Å²) in [5, 5.41) is 3.36. The maximum atomic E-state index is 11.8. The largest absolute Gasteiger partial charge is 0.368 e. The number of aliphatic imine (C=N–C) groups is 1. The number of benzene rings is 1. The van der Waals surface area contributed by atoms with E-state index in [0.717, 1.165) is 38.7 Å². The predicted octanol–water partition coefficient (Wildman–Crippen LogP) is 2.06. The monoisotopic (exact) mass is 523 g/mol. The third-order valence-electron chi connectivity index (χ3n) is 4.77. The molecule has 160 valence electrons. The second-order valence-corrected chi connectivity index (χ2v) is 8.99. The molecule has 1 aromatic rings. The molecule has 1 aromatic carbocycles. The first kappa shape index (κ1) is 25.0. The third-order valence-corrected chi connectivity index (χ3v) is 6.63. The molecule has 0 saturated carbocycles. The van der Waals surface area contributed by atoms with Crippen LogP contribution in [0.5, 0.6) is 0 Å². The van der Waals surface area contributed by atoms with Crippen LogP contribution in [-0.4, -0.2) is 82.2 Å². The zero-order valence-electron chi connectivity index (χ0n) is 17.2. The Morgan fingerprint density at radius 1 is 1.14 bits per heavy atom. The van der Waals surface area contributed by atoms with Gasteiger partial charge in [-0.2, -0.15) is 0 Å². The molecule has 1 fully saturated rings. The van der Waals surface area contributed by atoms with Crippen molar-refractivity contribution in [2.75, 3.05) is 63.5 Å². The fraction of sp³-hybridized carbons (Fsp3) is 0.632. The molecule has 1 heterocycles. The Balaban J connectivity index is 0.00000392. The van der Waals surface area contributed by atoms with Gasteiger partial charge in [0.05, 0.1) is 5.75 Å². The Bertz CT molecular complexity index is 692. The summed E-state index contributed by atoms with van der Waals surface area (Å²) < 4.78 is 25.0. The lowest BCUT2D eigenvalue weighted by Gasteiger charge is -2.37. The van der Waals surface area contributed by atoms with Crippen LogP contribution in [0.2, 0.25) is 0 Å². The Morgan fingerprint density at radius 2 is 1.79 bits per heavy atom. The molecular weight excluding hydrogens is 489 g/mol. The SMILES string of the molecule is CCNC(=NCCCN(C)S(=O)(=O)CC)N1CCN(c2ccccc2)CC1.I. The van der Waals surface area contributed by atoms with E-state index in [1.54, 1.807) is 14.0 Å². The van der Waals surface area contributed by atoms with Gasteiger partial charge in [0.2, 0.25) is 10.0 Å². The summed E-state index contributed by atoms with van der Waals surface area (Å²) in [6, 6.07) is 10.5. The van der Waals surface area contributed by atoms with E-state index in [-0.39, 0.29) is 29.7 Å². The van der Waals surface area contributed by atoms with Crippen LogP contribution < -0.4 is 10.2 Å². The van der Waals surface area contributed by atoms with Gasteiger partial charge in [0.25, 0.3) is 0 Å². The Hall–Kier alpha value is -1.07. The Morgan fingerprint density at radius 3 is 2.36 bits per heavy atom. The lowest BCUT2D eigenvalue weighted by Crippen LogP contribution is -2.52. The van der Waals surface area contributed by atoms with Crippen LogP contribution in [0.25, 0.3) is 0 Å². The zero-order chi connectivity index (χ0) is 19.7. The molecule has 0 bridgehead atoms. The number of anilines is 1. The van der Waals surface area contributed by atoms with Crippen molar-refractivity contribution < 1.29 is 8.42 Å². The molecule has 7 nitrogen and oxygen atoms in total. The first-order valence-corrected chi connectivity index (χ1v) is 11.4. The number of hydrogen-bond acceptors (Lipinski definition) is 4. The molecule has 2 rings (SSSR count). The van der Waals surface area contributed by atoms with Gasteiger partial charge < -0.3 is 15.1 Å². The first-order valence-electron chi connectivity index (χ1n) is 9.75. The minimum Gasteiger partial charge on any atom is -0.368 e. The summed E-state index contributed by atoms with van der Waals surface area (Å²) in [6.07, 6.45) is 0.717. The summed E-state index contributed by atoms with van der Waals surface area (Å²) in [5.74, 6) is 1.06. The molecule has 28 heavy (non-hydrogen) atoms. The lowest BCUT2D eigenvalue weighted by molar-refractivity contribution is 0.372. The number of para-hydroxylation sites is 1. The summed E-state index contributed by atoms with van der Waals surface area (Å²) in [4.78, 5) is 9.39. The van der Waals surface area contributed by atoms with Crippen LogP contribution in [0.3, 0.4) is 0 Å². The van der Waals surface area contributed by atoms with Gasteiger partial charge in [0.15, 0.2) is 5.96 Å². The number of sulfonamides is 1. The molecule has 1 saturated heterocycles. The fourth-order valence-electron chi connectivity index (χ4n) is 3.08. The van der Waals surface area contributed by atoms with Crippen LogP contribution in [0.4, 0.5) is 5.69 Å². The molecular formula is C19H34IN5O2S. The minimum atomic E-state index is -3.11. The maximum absolute atomic E-state index is 11.8. The van der Waals surface area contributed by atoms with Gasteiger partial charge >= 0.3 is 0 Å². The number of nitrogens with zero attached hydrogens (tertiary/aromatic N) is 4. The highest BCUT2D eigenvalue weighted by atomic mass is 127. The summed E-state index contributed by atoms with van der Waals surface area (Å²) in [5.41, 5.74) is 1.26. The fourth-order valence-corrected chi connectivity index (χ4v) is 3.93. The third kappa shape index (κ3) is 7.40. The molecule has 0 amide bonds. The molecule has 0 atom stereocenters. The minimum absolute atomic E-state index is 0. The molecule has 0 unspecified atom stereocenters. The molecule has 0 aliphatic carbocycles. The van der Waals surface area contributed by atoms with E-state index in [4.69, 9.17) is 4.99 Å². The van der Waals surface area contributed by atoms with Gasteiger partial charge in [-0.3, -0.25) is 4.99 Å². The second-order valence-electron chi connectivity index (χ2n) is 6.62. The topological polar surface area (TPSA) is 68.2 Å². The van der Waals surface area contributed by atoms with E-state index < -0.39 is 10.0 Å². The Labute approximate surface area is 187 Å². The molecule has 0 radical (unpaired) electrons. The van der Waals surface area contributed by atoms with E-state index in [1.165, 1.54) is 9.99 Å². The van der Waals surface area contributed by atoms with Crippen molar-refractivity contribution in [3.63, 3.8) is 0 Å². The smallest absolute Gasteiger partial charge is 0.213 e. The van der Waals surface area contributed by atoms with Crippen LogP contribution >= 0.6 is 24.0 Å². The van der Waals surface area contributed by atoms with Crippen molar-refractivity contribution in [2.24, 2.45) is 4.99 Å². The van der Waals surface area contributed by atoms with Gasteiger partial charge in [-0.15, -0.1) is 24.0 Å². The molecule has 1 aliphatic heterocycles. The van der Waals surface area contributed by atoms with Crippen molar-refractivity contribution in [3.8, 4) is 0 Å². The predicted molar refractivity (Wildman–Crippen MR) is 128 cm³/mol. The van der Waals surface area contributed by atoms with E-state index in [2.05, 4.69) is 46.3 Å². The van der Waals surface area contributed by atoms with Crippen LogP contribution in [0.15, 0.2) is 35.3 Å². The summed E-state index contributed by atoms with van der Waals surface area (Å²) >= 11 is 0. The lowest BCUT2D eigenvalue weighted by atomic mass is 10.2. The molecule has 1 aliphatic rings. The number of guanidine groups is 1. The Kier molecular flexibility index (Phi) is 11.1. The van der Waals surface area contributed by atoms with E-state index >= 15 is 0 Å². The van der Waals surface area contributed by atoms with Crippen LogP contribution in [-0.2, 0) is 10.0 Å². The molecule has 0 spiro atoms. The average molecular weight is 523 g/mol. The second kappa shape index (κ2) is 12.5. The van der Waals surface area contributed by atoms with Gasteiger partial charge in [0, 0.05) is 58.5 Å². The van der Waals surface area contributed by atoms with Crippen LogP contribution in [0, 0.1) is 0 Å². The van der Waals surface area contributed by atoms with Crippen molar-refractivity contribution in [1.82, 2.24) is 14.5 Å². The first-order chi connectivity index (χ1) is 13.0. The van der Waals surface area contributed by atoms with Crippen molar-refractivity contribution in [2.45, 2.75) is 20.3 Å². The average Bonchev–Trinajstić information content (AvgIpc) is 2.71. The quantitative estimate of drug-likeness (QED) is 0.245. The highest BCUT2D eigenvalue weighted by Gasteiger charge is 2.20. The highest BCUT2D eigenvalue weighted by Crippen LogP contribution is 2.15. The number of hydrogen-bond donors (Lipinski definition) is 1. The number of halogens is 1. The van der Waals surface area contributed by atoms with Gasteiger partial charge in [-0.25, -0.2) is 12.7 Å². The molecule has 9 heteroatoms. The summed E-state index contributed by atoms with van der Waals surface area (Å²) in [6.45, 7) is 9.45. The van der Waals surface area contributed by atoms with Gasteiger partial charge in [-0.05, 0) is 32.4 Å². The van der Waals surface area contributed by atoms with E-state index in [0.29, 0.717) is 19.5 Å². The zero-order valence-corrected chi connectivity index (χ0v) is 20.3. The molecule has 1 N–H and O–H groups in total. The number of piperazine rings is 1. The van der Waals surface area contributed by atoms with Crippen molar-refractivity contribution in [3.05, 3.63) is 30.3 Å².